The van der Waals surface area contributed by atoms with Crippen LogP contribution in [-0.2, 0) is 6.54 Å². The zero-order chi connectivity index (χ0) is 17.8. The first-order valence-electron chi connectivity index (χ1n) is 8.56. The molecule has 1 atom stereocenters. The van der Waals surface area contributed by atoms with Crippen molar-refractivity contribution in [3.05, 3.63) is 59.2 Å². The lowest BCUT2D eigenvalue weighted by Crippen LogP contribution is -2.26. The molecular formula is C20H24N2O3. The molecule has 0 fully saturated rings. The number of rotatable bonds is 6. The minimum absolute atomic E-state index is 0.187. The minimum atomic E-state index is -0.407. The first kappa shape index (κ1) is 17.3. The molecule has 0 saturated heterocycles. The molecule has 0 radical (unpaired) electrons. The summed E-state index contributed by atoms with van der Waals surface area (Å²) in [5.74, 6) is 1.62. The summed E-state index contributed by atoms with van der Waals surface area (Å²) in [6.07, 6.45) is 0. The fraction of sp³-hybridized carbons (Fsp3) is 0.350. The lowest BCUT2D eigenvalue weighted by molar-refractivity contribution is 0.100. The van der Waals surface area contributed by atoms with Gasteiger partial charge in [0.1, 0.15) is 13.2 Å². The van der Waals surface area contributed by atoms with Crippen LogP contribution in [0.1, 0.15) is 41.4 Å². The van der Waals surface area contributed by atoms with Gasteiger partial charge in [0, 0.05) is 18.2 Å². The molecule has 0 aromatic heterocycles. The van der Waals surface area contributed by atoms with Gasteiger partial charge in [0.05, 0.1) is 0 Å². The second-order valence-electron chi connectivity index (χ2n) is 6.57. The fourth-order valence-corrected chi connectivity index (χ4v) is 3.01. The Kier molecular flexibility index (Phi) is 5.24. The van der Waals surface area contributed by atoms with Gasteiger partial charge in [0.15, 0.2) is 11.5 Å². The van der Waals surface area contributed by atoms with E-state index < -0.39 is 5.91 Å². The summed E-state index contributed by atoms with van der Waals surface area (Å²) in [4.78, 5) is 11.2. The fourth-order valence-electron chi connectivity index (χ4n) is 3.01. The van der Waals surface area contributed by atoms with Gasteiger partial charge in [-0.25, -0.2) is 0 Å². The summed E-state index contributed by atoms with van der Waals surface area (Å²) in [6.45, 7) is 6.26. The third-order valence-electron chi connectivity index (χ3n) is 4.36. The van der Waals surface area contributed by atoms with Crippen LogP contribution in [0.4, 0.5) is 0 Å². The van der Waals surface area contributed by atoms with Crippen LogP contribution in [0.25, 0.3) is 0 Å². The number of benzene rings is 2. The van der Waals surface area contributed by atoms with E-state index in [4.69, 9.17) is 15.2 Å². The van der Waals surface area contributed by atoms with Crippen molar-refractivity contribution in [2.45, 2.75) is 26.4 Å². The van der Waals surface area contributed by atoms with Gasteiger partial charge in [0.25, 0.3) is 0 Å². The number of nitrogens with one attached hydrogen (secondary N) is 1. The number of hydrogen-bond acceptors (Lipinski definition) is 4. The smallest absolute Gasteiger partial charge is 0.248 e. The van der Waals surface area contributed by atoms with Crippen molar-refractivity contribution in [3.63, 3.8) is 0 Å². The van der Waals surface area contributed by atoms with Crippen LogP contribution >= 0.6 is 0 Å². The highest BCUT2D eigenvalue weighted by Gasteiger charge is 2.19. The molecule has 5 heteroatoms. The SMILES string of the molecule is CC(C)C(NCc1ccc(C(N)=O)cc1)c1ccc2c(c1)OCCO2. The molecule has 1 unspecified atom stereocenters. The molecule has 2 aromatic rings. The van der Waals surface area contributed by atoms with E-state index in [0.29, 0.717) is 31.2 Å². The van der Waals surface area contributed by atoms with Gasteiger partial charge < -0.3 is 20.5 Å². The van der Waals surface area contributed by atoms with Crippen molar-refractivity contribution in [1.29, 1.82) is 0 Å². The Morgan fingerprint density at radius 3 is 2.40 bits per heavy atom. The quantitative estimate of drug-likeness (QED) is 0.848. The lowest BCUT2D eigenvalue weighted by atomic mass is 9.95. The highest BCUT2D eigenvalue weighted by Crippen LogP contribution is 2.34. The maximum absolute atomic E-state index is 11.2. The van der Waals surface area contributed by atoms with E-state index in [1.165, 1.54) is 5.56 Å². The van der Waals surface area contributed by atoms with E-state index >= 15 is 0 Å². The van der Waals surface area contributed by atoms with E-state index in [1.54, 1.807) is 12.1 Å². The predicted molar refractivity (Wildman–Crippen MR) is 96.8 cm³/mol. The highest BCUT2D eigenvalue weighted by atomic mass is 16.6. The van der Waals surface area contributed by atoms with Gasteiger partial charge >= 0.3 is 0 Å². The number of carbonyl (C=O) groups excluding carboxylic acids is 1. The Morgan fingerprint density at radius 1 is 1.08 bits per heavy atom. The number of nitrogens with two attached hydrogens (primary N) is 1. The number of fused-ring (bicyclic) bond motifs is 1. The molecule has 25 heavy (non-hydrogen) atoms. The standard InChI is InChI=1S/C20H24N2O3/c1-13(2)19(16-7-8-17-18(11-16)25-10-9-24-17)22-12-14-3-5-15(6-4-14)20(21)23/h3-8,11,13,19,22H,9-10,12H2,1-2H3,(H2,21,23). The molecule has 1 aliphatic rings. The normalized spacial score (nSPS) is 14.4. The van der Waals surface area contributed by atoms with Crippen molar-refractivity contribution >= 4 is 5.91 Å². The number of carbonyl (C=O) groups is 1. The van der Waals surface area contributed by atoms with E-state index in [0.717, 1.165) is 17.1 Å². The third-order valence-corrected chi connectivity index (χ3v) is 4.36. The largest absolute Gasteiger partial charge is 0.486 e. The molecule has 0 spiro atoms. The van der Waals surface area contributed by atoms with E-state index in [-0.39, 0.29) is 6.04 Å². The number of amides is 1. The first-order valence-corrected chi connectivity index (χ1v) is 8.56. The average molecular weight is 340 g/mol. The minimum Gasteiger partial charge on any atom is -0.486 e. The van der Waals surface area contributed by atoms with Crippen LogP contribution in [-0.4, -0.2) is 19.1 Å². The summed E-state index contributed by atoms with van der Waals surface area (Å²) in [6, 6.07) is 13.7. The summed E-state index contributed by atoms with van der Waals surface area (Å²) in [5.41, 5.74) is 8.08. The molecule has 1 amide bonds. The Bertz CT molecular complexity index is 741. The van der Waals surface area contributed by atoms with E-state index in [9.17, 15) is 4.79 Å². The molecule has 0 aliphatic carbocycles. The molecule has 1 aliphatic heterocycles. The summed E-state index contributed by atoms with van der Waals surface area (Å²) in [5, 5.41) is 3.59. The summed E-state index contributed by atoms with van der Waals surface area (Å²) in [7, 11) is 0. The van der Waals surface area contributed by atoms with Crippen molar-refractivity contribution < 1.29 is 14.3 Å². The molecule has 1 heterocycles. The topological polar surface area (TPSA) is 73.6 Å². The van der Waals surface area contributed by atoms with E-state index in [1.807, 2.05) is 18.2 Å². The Labute approximate surface area is 148 Å². The lowest BCUT2D eigenvalue weighted by Gasteiger charge is -2.25. The van der Waals surface area contributed by atoms with Gasteiger partial charge in [-0.15, -0.1) is 0 Å². The van der Waals surface area contributed by atoms with Crippen molar-refractivity contribution in [3.8, 4) is 11.5 Å². The van der Waals surface area contributed by atoms with Gasteiger partial charge in [-0.05, 0) is 41.3 Å². The average Bonchev–Trinajstić information content (AvgIpc) is 2.62. The summed E-state index contributed by atoms with van der Waals surface area (Å²) >= 11 is 0. The maximum atomic E-state index is 11.2. The monoisotopic (exact) mass is 340 g/mol. The summed E-state index contributed by atoms with van der Waals surface area (Å²) < 4.78 is 11.3. The maximum Gasteiger partial charge on any atom is 0.248 e. The number of primary amides is 1. The van der Waals surface area contributed by atoms with Gasteiger partial charge in [-0.1, -0.05) is 32.0 Å². The molecule has 132 valence electrons. The van der Waals surface area contributed by atoms with Crippen molar-refractivity contribution in [1.82, 2.24) is 5.32 Å². The zero-order valence-electron chi connectivity index (χ0n) is 14.6. The van der Waals surface area contributed by atoms with Crippen LogP contribution in [0, 0.1) is 5.92 Å². The van der Waals surface area contributed by atoms with Crippen LogP contribution < -0.4 is 20.5 Å². The Balaban J connectivity index is 1.72. The molecule has 0 saturated carbocycles. The van der Waals surface area contributed by atoms with Gasteiger partial charge in [0.2, 0.25) is 5.91 Å². The van der Waals surface area contributed by atoms with Gasteiger partial charge in [-0.3, -0.25) is 4.79 Å². The van der Waals surface area contributed by atoms with Crippen LogP contribution in [0.3, 0.4) is 0 Å². The zero-order valence-corrected chi connectivity index (χ0v) is 14.6. The third kappa shape index (κ3) is 4.12. The van der Waals surface area contributed by atoms with Crippen LogP contribution in [0.2, 0.25) is 0 Å². The van der Waals surface area contributed by atoms with Crippen molar-refractivity contribution in [2.24, 2.45) is 11.7 Å². The molecular weight excluding hydrogens is 316 g/mol. The molecule has 3 rings (SSSR count). The number of hydrogen-bond donors (Lipinski definition) is 2. The second-order valence-corrected chi connectivity index (χ2v) is 6.57. The van der Waals surface area contributed by atoms with Crippen LogP contribution in [0.5, 0.6) is 11.5 Å². The Hall–Kier alpha value is -2.53. The first-order chi connectivity index (χ1) is 12.0. The molecule has 5 nitrogen and oxygen atoms in total. The van der Waals surface area contributed by atoms with Crippen molar-refractivity contribution in [2.75, 3.05) is 13.2 Å². The molecule has 3 N–H and O–H groups in total. The Morgan fingerprint density at radius 2 is 1.76 bits per heavy atom. The molecule has 0 bridgehead atoms. The predicted octanol–water partition coefficient (Wildman–Crippen LogP) is 3.04. The van der Waals surface area contributed by atoms with E-state index in [2.05, 4.69) is 31.3 Å². The number of ether oxygens (including phenoxy) is 2. The van der Waals surface area contributed by atoms with Crippen LogP contribution in [0.15, 0.2) is 42.5 Å². The highest BCUT2D eigenvalue weighted by molar-refractivity contribution is 5.92. The molecule has 2 aromatic carbocycles. The second kappa shape index (κ2) is 7.57. The van der Waals surface area contributed by atoms with Gasteiger partial charge in [-0.2, -0.15) is 0 Å².